The Hall–Kier alpha value is -1.33. The zero-order valence-electron chi connectivity index (χ0n) is 16.4. The molecule has 1 aliphatic rings. The minimum absolute atomic E-state index is 0.588. The highest BCUT2D eigenvalue weighted by molar-refractivity contribution is 7.80. The molecule has 0 saturated carbocycles. The maximum atomic E-state index is 6.12. The van der Waals surface area contributed by atoms with E-state index in [1.165, 1.54) is 11.1 Å². The van der Waals surface area contributed by atoms with E-state index in [1.54, 1.807) is 0 Å². The summed E-state index contributed by atoms with van der Waals surface area (Å²) in [5, 5.41) is 5.39. The molecular weight excluding hydrogens is 409 g/mol. The van der Waals surface area contributed by atoms with Gasteiger partial charge in [0.1, 0.15) is 0 Å². The Morgan fingerprint density at radius 2 is 1.71 bits per heavy atom. The SMILES string of the molecule is CCC(C)c1ccc(NC(=S)N2CCN(Cc3ccc(Cl)c(Cl)c3)CC2)cc1. The van der Waals surface area contributed by atoms with Gasteiger partial charge < -0.3 is 10.2 Å². The molecule has 2 aromatic carbocycles. The van der Waals surface area contributed by atoms with Crippen molar-refractivity contribution in [2.75, 3.05) is 31.5 Å². The lowest BCUT2D eigenvalue weighted by atomic mass is 9.99. The molecule has 1 unspecified atom stereocenters. The Balaban J connectivity index is 1.48. The quantitative estimate of drug-likeness (QED) is 0.578. The van der Waals surface area contributed by atoms with Gasteiger partial charge in [-0.15, -0.1) is 0 Å². The molecule has 0 bridgehead atoms. The van der Waals surface area contributed by atoms with Gasteiger partial charge in [-0.05, 0) is 59.9 Å². The monoisotopic (exact) mass is 435 g/mol. The van der Waals surface area contributed by atoms with Gasteiger partial charge in [-0.1, -0.05) is 55.2 Å². The van der Waals surface area contributed by atoms with Gasteiger partial charge in [0.25, 0.3) is 0 Å². The average molecular weight is 436 g/mol. The highest BCUT2D eigenvalue weighted by Crippen LogP contribution is 2.24. The highest BCUT2D eigenvalue weighted by Gasteiger charge is 2.19. The predicted octanol–water partition coefficient (Wildman–Crippen LogP) is 6.02. The fourth-order valence-corrected chi connectivity index (χ4v) is 3.96. The molecule has 3 nitrogen and oxygen atoms in total. The molecule has 1 N–H and O–H groups in total. The van der Waals surface area contributed by atoms with Gasteiger partial charge in [-0.25, -0.2) is 0 Å². The Morgan fingerprint density at radius 1 is 1.04 bits per heavy atom. The normalized spacial score (nSPS) is 16.1. The molecule has 28 heavy (non-hydrogen) atoms. The van der Waals surface area contributed by atoms with Gasteiger partial charge in [-0.2, -0.15) is 0 Å². The van der Waals surface area contributed by atoms with E-state index in [2.05, 4.69) is 53.2 Å². The van der Waals surface area contributed by atoms with Crippen LogP contribution in [0, 0.1) is 0 Å². The summed E-state index contributed by atoms with van der Waals surface area (Å²) in [6, 6.07) is 14.5. The van der Waals surface area contributed by atoms with Gasteiger partial charge in [0.15, 0.2) is 5.11 Å². The highest BCUT2D eigenvalue weighted by atomic mass is 35.5. The topological polar surface area (TPSA) is 18.5 Å². The molecule has 0 radical (unpaired) electrons. The van der Waals surface area contributed by atoms with Crippen LogP contribution in [0.25, 0.3) is 0 Å². The van der Waals surface area contributed by atoms with Crippen LogP contribution >= 0.6 is 35.4 Å². The first-order valence-electron chi connectivity index (χ1n) is 9.78. The van der Waals surface area contributed by atoms with Crippen molar-refractivity contribution in [2.24, 2.45) is 0 Å². The average Bonchev–Trinajstić information content (AvgIpc) is 2.71. The summed E-state index contributed by atoms with van der Waals surface area (Å²) >= 11 is 17.8. The number of nitrogens with zero attached hydrogens (tertiary/aromatic N) is 2. The van der Waals surface area contributed by atoms with Crippen LogP contribution in [0.2, 0.25) is 10.0 Å². The third kappa shape index (κ3) is 5.60. The van der Waals surface area contributed by atoms with Gasteiger partial charge in [0, 0.05) is 38.4 Å². The Morgan fingerprint density at radius 3 is 2.32 bits per heavy atom. The zero-order valence-corrected chi connectivity index (χ0v) is 18.7. The van der Waals surface area contributed by atoms with E-state index in [9.17, 15) is 0 Å². The Bertz CT molecular complexity index is 802. The van der Waals surface area contributed by atoms with E-state index >= 15 is 0 Å². The molecule has 1 saturated heterocycles. The number of thiocarbonyl (C=S) groups is 1. The van der Waals surface area contributed by atoms with Crippen LogP contribution in [-0.2, 0) is 6.54 Å². The Labute approximate surface area is 183 Å². The van der Waals surface area contributed by atoms with E-state index in [1.807, 2.05) is 18.2 Å². The van der Waals surface area contributed by atoms with Crippen LogP contribution < -0.4 is 5.32 Å². The number of hydrogen-bond acceptors (Lipinski definition) is 2. The number of piperazine rings is 1. The fraction of sp³-hybridized carbons (Fsp3) is 0.409. The molecule has 2 aromatic rings. The summed E-state index contributed by atoms with van der Waals surface area (Å²) in [5.41, 5.74) is 3.61. The predicted molar refractivity (Wildman–Crippen MR) is 125 cm³/mol. The second kappa shape index (κ2) is 9.93. The van der Waals surface area contributed by atoms with E-state index in [-0.39, 0.29) is 0 Å². The van der Waals surface area contributed by atoms with Gasteiger partial charge >= 0.3 is 0 Å². The molecular formula is C22H27Cl2N3S. The summed E-state index contributed by atoms with van der Waals surface area (Å²) in [6.07, 6.45) is 1.15. The van der Waals surface area contributed by atoms with Crippen LogP contribution in [0.5, 0.6) is 0 Å². The maximum Gasteiger partial charge on any atom is 0.173 e. The smallest absolute Gasteiger partial charge is 0.173 e. The lowest BCUT2D eigenvalue weighted by Gasteiger charge is -2.36. The van der Waals surface area contributed by atoms with E-state index < -0.39 is 0 Å². The molecule has 0 aromatic heterocycles. The molecule has 0 spiro atoms. The van der Waals surface area contributed by atoms with Gasteiger partial charge in [-0.3, -0.25) is 4.90 Å². The molecule has 1 heterocycles. The van der Waals surface area contributed by atoms with Crippen molar-refractivity contribution in [3.63, 3.8) is 0 Å². The number of benzene rings is 2. The summed E-state index contributed by atoms with van der Waals surface area (Å²) in [4.78, 5) is 4.66. The summed E-state index contributed by atoms with van der Waals surface area (Å²) < 4.78 is 0. The van der Waals surface area contributed by atoms with Crippen molar-refractivity contribution >= 4 is 46.2 Å². The van der Waals surface area contributed by atoms with E-state index in [4.69, 9.17) is 35.4 Å². The Kier molecular flexibility index (Phi) is 7.58. The zero-order chi connectivity index (χ0) is 20.1. The van der Waals surface area contributed by atoms with Crippen LogP contribution in [0.15, 0.2) is 42.5 Å². The molecule has 3 rings (SSSR count). The molecule has 1 atom stereocenters. The van der Waals surface area contributed by atoms with Crippen LogP contribution in [0.1, 0.15) is 37.3 Å². The minimum atomic E-state index is 0.588. The largest absolute Gasteiger partial charge is 0.346 e. The number of hydrogen-bond donors (Lipinski definition) is 1. The van der Waals surface area contributed by atoms with E-state index in [0.29, 0.717) is 16.0 Å². The number of halogens is 2. The van der Waals surface area contributed by atoms with Crippen LogP contribution in [0.3, 0.4) is 0 Å². The molecule has 1 fully saturated rings. The van der Waals surface area contributed by atoms with Crippen LogP contribution in [0.4, 0.5) is 5.69 Å². The van der Waals surface area contributed by atoms with Gasteiger partial charge in [0.2, 0.25) is 0 Å². The molecule has 1 aliphatic heterocycles. The fourth-order valence-electron chi connectivity index (χ4n) is 3.34. The van der Waals surface area contributed by atoms with Crippen molar-refractivity contribution in [3.8, 4) is 0 Å². The first-order valence-corrected chi connectivity index (χ1v) is 10.9. The van der Waals surface area contributed by atoms with Crippen molar-refractivity contribution < 1.29 is 0 Å². The third-order valence-corrected chi connectivity index (χ3v) is 6.49. The second-order valence-electron chi connectivity index (χ2n) is 7.37. The number of nitrogens with one attached hydrogen (secondary N) is 1. The summed E-state index contributed by atoms with van der Waals surface area (Å²) in [6.45, 7) is 9.11. The van der Waals surface area contributed by atoms with Crippen molar-refractivity contribution in [3.05, 3.63) is 63.6 Å². The standard InChI is InChI=1S/C22H27Cl2N3S/c1-3-16(2)18-5-7-19(8-6-18)25-22(28)27-12-10-26(11-13-27)15-17-4-9-20(23)21(24)14-17/h4-9,14,16H,3,10-13,15H2,1-2H3,(H,25,28). The minimum Gasteiger partial charge on any atom is -0.346 e. The van der Waals surface area contributed by atoms with E-state index in [0.717, 1.165) is 49.9 Å². The lowest BCUT2D eigenvalue weighted by Crippen LogP contribution is -2.49. The molecule has 0 amide bonds. The van der Waals surface area contributed by atoms with Crippen molar-refractivity contribution in [1.82, 2.24) is 9.80 Å². The lowest BCUT2D eigenvalue weighted by molar-refractivity contribution is 0.177. The number of anilines is 1. The van der Waals surface area contributed by atoms with Gasteiger partial charge in [0.05, 0.1) is 10.0 Å². The second-order valence-corrected chi connectivity index (χ2v) is 8.57. The maximum absolute atomic E-state index is 6.12. The molecule has 6 heteroatoms. The molecule has 150 valence electrons. The van der Waals surface area contributed by atoms with Crippen molar-refractivity contribution in [2.45, 2.75) is 32.7 Å². The third-order valence-electron chi connectivity index (χ3n) is 5.39. The summed E-state index contributed by atoms with van der Waals surface area (Å²) in [7, 11) is 0. The van der Waals surface area contributed by atoms with Crippen molar-refractivity contribution in [1.29, 1.82) is 0 Å². The number of rotatable bonds is 5. The first kappa shape index (κ1) is 21.4. The molecule has 0 aliphatic carbocycles. The summed E-state index contributed by atoms with van der Waals surface area (Å²) in [5.74, 6) is 0.588. The first-order chi connectivity index (χ1) is 13.5. The van der Waals surface area contributed by atoms with Crippen LogP contribution in [-0.4, -0.2) is 41.1 Å².